The molecule has 2 rings (SSSR count). The first-order valence-corrected chi connectivity index (χ1v) is 7.88. The van der Waals surface area contributed by atoms with E-state index in [1.165, 1.54) is 0 Å². The van der Waals surface area contributed by atoms with Gasteiger partial charge in [0.1, 0.15) is 5.75 Å². The Bertz CT molecular complexity index is 727. The lowest BCUT2D eigenvalue weighted by Gasteiger charge is -2.13. The lowest BCUT2D eigenvalue weighted by atomic mass is 10.1. The zero-order chi connectivity index (χ0) is 17.5. The number of hydrogen-bond donors (Lipinski definition) is 2. The number of carbonyl (C=O) groups excluding carboxylic acids is 2. The molecule has 0 atom stereocenters. The molecule has 0 aromatic heterocycles. The molecule has 2 aromatic rings. The van der Waals surface area contributed by atoms with E-state index in [4.69, 9.17) is 4.74 Å². The summed E-state index contributed by atoms with van der Waals surface area (Å²) in [4.78, 5) is 24.0. The molecule has 0 fully saturated rings. The van der Waals surface area contributed by atoms with Crippen molar-refractivity contribution in [3.8, 4) is 5.75 Å². The van der Waals surface area contributed by atoms with Gasteiger partial charge in [0.25, 0.3) is 5.91 Å². The molecule has 5 nitrogen and oxygen atoms in total. The number of carbonyl (C=O) groups is 2. The smallest absolute Gasteiger partial charge is 0.251 e. The monoisotopic (exact) mass is 326 g/mol. The zero-order valence-electron chi connectivity index (χ0n) is 14.2. The largest absolute Gasteiger partial charge is 0.494 e. The van der Waals surface area contributed by atoms with Gasteiger partial charge in [-0.05, 0) is 56.2 Å². The molecule has 0 aliphatic heterocycles. The summed E-state index contributed by atoms with van der Waals surface area (Å²) < 4.78 is 5.54. The van der Waals surface area contributed by atoms with Crippen molar-refractivity contribution in [1.82, 2.24) is 5.32 Å². The van der Waals surface area contributed by atoms with E-state index < -0.39 is 0 Å². The SMILES string of the molecule is CCOc1cc(C)c(NC(=O)CNC(=O)c2ccccc2)cc1C. The van der Waals surface area contributed by atoms with Crippen LogP contribution in [0.15, 0.2) is 42.5 Å². The van der Waals surface area contributed by atoms with Crippen LogP contribution < -0.4 is 15.4 Å². The van der Waals surface area contributed by atoms with Gasteiger partial charge in [0.15, 0.2) is 0 Å². The summed E-state index contributed by atoms with van der Waals surface area (Å²) in [6, 6.07) is 12.6. The molecule has 5 heteroatoms. The lowest BCUT2D eigenvalue weighted by Crippen LogP contribution is -2.33. The van der Waals surface area contributed by atoms with Gasteiger partial charge in [0.2, 0.25) is 5.91 Å². The molecule has 24 heavy (non-hydrogen) atoms. The molecule has 2 amide bonds. The molecular formula is C19H22N2O3. The van der Waals surface area contributed by atoms with Crippen molar-refractivity contribution < 1.29 is 14.3 Å². The van der Waals surface area contributed by atoms with Crippen molar-refractivity contribution >= 4 is 17.5 Å². The first kappa shape index (κ1) is 17.5. The maximum Gasteiger partial charge on any atom is 0.251 e. The third-order valence-corrected chi connectivity index (χ3v) is 3.54. The third kappa shape index (κ3) is 4.59. The molecule has 0 bridgehead atoms. The Labute approximate surface area is 142 Å². The highest BCUT2D eigenvalue weighted by Gasteiger charge is 2.10. The molecule has 0 unspecified atom stereocenters. The van der Waals surface area contributed by atoms with Crippen molar-refractivity contribution in [3.63, 3.8) is 0 Å². The Morgan fingerprint density at radius 3 is 2.42 bits per heavy atom. The summed E-state index contributed by atoms with van der Waals surface area (Å²) in [7, 11) is 0. The van der Waals surface area contributed by atoms with Gasteiger partial charge in [-0.2, -0.15) is 0 Å². The zero-order valence-corrected chi connectivity index (χ0v) is 14.2. The van der Waals surface area contributed by atoms with Crippen molar-refractivity contribution in [2.75, 3.05) is 18.5 Å². The van der Waals surface area contributed by atoms with Gasteiger partial charge in [-0.25, -0.2) is 0 Å². The summed E-state index contributed by atoms with van der Waals surface area (Å²) in [6.45, 7) is 6.27. The Morgan fingerprint density at radius 2 is 1.75 bits per heavy atom. The van der Waals surface area contributed by atoms with Crippen molar-refractivity contribution in [1.29, 1.82) is 0 Å². The second-order valence-electron chi connectivity index (χ2n) is 5.46. The minimum absolute atomic E-state index is 0.0839. The highest BCUT2D eigenvalue weighted by Crippen LogP contribution is 2.26. The van der Waals surface area contributed by atoms with E-state index >= 15 is 0 Å². The predicted octanol–water partition coefficient (Wildman–Crippen LogP) is 3.07. The minimum atomic E-state index is -0.273. The Hall–Kier alpha value is -2.82. The van der Waals surface area contributed by atoms with Gasteiger partial charge in [-0.1, -0.05) is 18.2 Å². The van der Waals surface area contributed by atoms with Gasteiger partial charge in [0.05, 0.1) is 13.2 Å². The maximum atomic E-state index is 12.1. The van der Waals surface area contributed by atoms with Crippen LogP contribution in [-0.2, 0) is 4.79 Å². The topological polar surface area (TPSA) is 67.4 Å². The number of rotatable bonds is 6. The minimum Gasteiger partial charge on any atom is -0.494 e. The van der Waals surface area contributed by atoms with E-state index in [0.29, 0.717) is 12.2 Å². The standard InChI is InChI=1S/C19H22N2O3/c1-4-24-17-11-13(2)16(10-14(17)3)21-18(22)12-20-19(23)15-8-6-5-7-9-15/h5-11H,4,12H2,1-3H3,(H,20,23)(H,21,22). The van der Waals surface area contributed by atoms with E-state index in [2.05, 4.69) is 10.6 Å². The number of ether oxygens (including phenoxy) is 1. The first-order chi connectivity index (χ1) is 11.5. The lowest BCUT2D eigenvalue weighted by molar-refractivity contribution is -0.115. The molecule has 0 heterocycles. The summed E-state index contributed by atoms with van der Waals surface area (Å²) in [5.41, 5.74) is 3.10. The van der Waals surface area contributed by atoms with E-state index in [0.717, 1.165) is 22.6 Å². The number of aryl methyl sites for hydroxylation is 2. The van der Waals surface area contributed by atoms with Gasteiger partial charge in [0, 0.05) is 11.3 Å². The average Bonchev–Trinajstić information content (AvgIpc) is 2.58. The molecule has 0 spiro atoms. The number of anilines is 1. The molecule has 126 valence electrons. The van der Waals surface area contributed by atoms with E-state index in [1.54, 1.807) is 24.3 Å². The van der Waals surface area contributed by atoms with Crippen LogP contribution >= 0.6 is 0 Å². The molecule has 0 saturated carbocycles. The summed E-state index contributed by atoms with van der Waals surface area (Å²) >= 11 is 0. The number of hydrogen-bond acceptors (Lipinski definition) is 3. The second-order valence-corrected chi connectivity index (χ2v) is 5.46. The molecule has 0 aliphatic carbocycles. The van der Waals surface area contributed by atoms with Crippen LogP contribution in [0.25, 0.3) is 0 Å². The van der Waals surface area contributed by atoms with Crippen LogP contribution in [0.3, 0.4) is 0 Å². The number of benzene rings is 2. The summed E-state index contributed by atoms with van der Waals surface area (Å²) in [6.07, 6.45) is 0. The first-order valence-electron chi connectivity index (χ1n) is 7.88. The molecule has 0 radical (unpaired) electrons. The molecule has 2 N–H and O–H groups in total. The van der Waals surface area contributed by atoms with Crippen LogP contribution in [0.1, 0.15) is 28.4 Å². The highest BCUT2D eigenvalue weighted by atomic mass is 16.5. The van der Waals surface area contributed by atoms with Crippen LogP contribution in [0.5, 0.6) is 5.75 Å². The average molecular weight is 326 g/mol. The van der Waals surface area contributed by atoms with Crippen molar-refractivity contribution in [2.24, 2.45) is 0 Å². The normalized spacial score (nSPS) is 10.1. The van der Waals surface area contributed by atoms with E-state index in [1.807, 2.05) is 39.0 Å². The van der Waals surface area contributed by atoms with Crippen LogP contribution in [-0.4, -0.2) is 25.0 Å². The predicted molar refractivity (Wildman–Crippen MR) is 94.5 cm³/mol. The highest BCUT2D eigenvalue weighted by molar-refractivity contribution is 5.99. The molecular weight excluding hydrogens is 304 g/mol. The van der Waals surface area contributed by atoms with Crippen molar-refractivity contribution in [3.05, 3.63) is 59.2 Å². The number of nitrogens with one attached hydrogen (secondary N) is 2. The van der Waals surface area contributed by atoms with Crippen LogP contribution in [0.2, 0.25) is 0 Å². The quantitative estimate of drug-likeness (QED) is 0.857. The van der Waals surface area contributed by atoms with E-state index in [9.17, 15) is 9.59 Å². The fourth-order valence-corrected chi connectivity index (χ4v) is 2.28. The molecule has 0 saturated heterocycles. The van der Waals surface area contributed by atoms with Crippen molar-refractivity contribution in [2.45, 2.75) is 20.8 Å². The summed E-state index contributed by atoms with van der Waals surface area (Å²) in [5.74, 6) is 0.265. The van der Waals surface area contributed by atoms with Gasteiger partial charge in [-0.15, -0.1) is 0 Å². The van der Waals surface area contributed by atoms with Crippen LogP contribution in [0, 0.1) is 13.8 Å². The summed E-state index contributed by atoms with van der Waals surface area (Å²) in [5, 5.41) is 5.43. The van der Waals surface area contributed by atoms with Gasteiger partial charge in [-0.3, -0.25) is 9.59 Å². The van der Waals surface area contributed by atoms with E-state index in [-0.39, 0.29) is 18.4 Å². The van der Waals surface area contributed by atoms with Gasteiger partial charge < -0.3 is 15.4 Å². The molecule has 0 aliphatic rings. The molecule has 2 aromatic carbocycles. The Balaban J connectivity index is 1.95. The third-order valence-electron chi connectivity index (χ3n) is 3.54. The second kappa shape index (κ2) is 8.15. The van der Waals surface area contributed by atoms with Crippen LogP contribution in [0.4, 0.5) is 5.69 Å². The number of amides is 2. The maximum absolute atomic E-state index is 12.1. The Morgan fingerprint density at radius 1 is 1.04 bits per heavy atom. The Kier molecular flexibility index (Phi) is 5.95. The fourth-order valence-electron chi connectivity index (χ4n) is 2.28. The van der Waals surface area contributed by atoms with Gasteiger partial charge >= 0.3 is 0 Å². The fraction of sp³-hybridized carbons (Fsp3) is 0.263.